The van der Waals surface area contributed by atoms with Crippen molar-refractivity contribution in [3.63, 3.8) is 0 Å². The third-order valence-electron chi connectivity index (χ3n) is 9.25. The number of ether oxygens (including phenoxy) is 1. The van der Waals surface area contributed by atoms with Crippen molar-refractivity contribution in [2.24, 2.45) is 23.7 Å². The van der Waals surface area contributed by atoms with Crippen LogP contribution in [0, 0.1) is 23.7 Å². The quantitative estimate of drug-likeness (QED) is 0.623. The molecule has 30 heavy (non-hydrogen) atoms. The second kappa shape index (κ2) is 7.88. The Kier molecular flexibility index (Phi) is 5.18. The lowest BCUT2D eigenvalue weighted by atomic mass is 9.68. The van der Waals surface area contributed by atoms with Gasteiger partial charge in [-0.3, -0.25) is 4.84 Å². The van der Waals surface area contributed by atoms with Gasteiger partial charge in [-0.15, -0.1) is 0 Å². The summed E-state index contributed by atoms with van der Waals surface area (Å²) < 4.78 is 6.90. The van der Waals surface area contributed by atoms with E-state index in [9.17, 15) is 0 Å². The molecule has 6 rings (SSSR count). The SMILES string of the molecule is C[C@]12[C@@H]3CON1O[C@@H](O[C@@H]1CCCC[C@H]1c1ccccc1)[C@@H](C3)[C@H]2C1CCCCC1. The molecular formula is C26H37NO3. The molecule has 0 amide bonds. The summed E-state index contributed by atoms with van der Waals surface area (Å²) in [7, 11) is 0. The Morgan fingerprint density at radius 2 is 1.73 bits per heavy atom. The average Bonchev–Trinajstić information content (AvgIpc) is 3.23. The highest BCUT2D eigenvalue weighted by atomic mass is 17.0. The fourth-order valence-electron chi connectivity index (χ4n) is 7.78. The van der Waals surface area contributed by atoms with Crippen molar-refractivity contribution in [3.05, 3.63) is 35.9 Å². The molecule has 2 heterocycles. The van der Waals surface area contributed by atoms with Crippen LogP contribution in [0.1, 0.15) is 82.6 Å². The molecule has 3 aliphatic carbocycles. The first-order valence-corrected chi connectivity index (χ1v) is 12.6. The monoisotopic (exact) mass is 411 g/mol. The van der Waals surface area contributed by atoms with Gasteiger partial charge in [-0.25, -0.2) is 4.84 Å². The molecule has 2 saturated heterocycles. The van der Waals surface area contributed by atoms with Crippen LogP contribution in [0.5, 0.6) is 0 Å². The molecule has 5 fully saturated rings. The van der Waals surface area contributed by atoms with Gasteiger partial charge in [0.15, 0.2) is 6.29 Å². The molecule has 0 radical (unpaired) electrons. The first kappa shape index (κ1) is 19.7. The van der Waals surface area contributed by atoms with Crippen LogP contribution in [0.15, 0.2) is 30.3 Å². The summed E-state index contributed by atoms with van der Waals surface area (Å²) in [6.07, 6.45) is 13.2. The van der Waals surface area contributed by atoms with E-state index in [0.717, 1.165) is 18.9 Å². The van der Waals surface area contributed by atoms with Crippen molar-refractivity contribution in [2.45, 2.75) is 95.0 Å². The van der Waals surface area contributed by atoms with E-state index >= 15 is 0 Å². The highest BCUT2D eigenvalue weighted by molar-refractivity contribution is 5.21. The Morgan fingerprint density at radius 1 is 0.967 bits per heavy atom. The smallest absolute Gasteiger partial charge is 0.183 e. The van der Waals surface area contributed by atoms with Crippen molar-refractivity contribution in [3.8, 4) is 0 Å². The van der Waals surface area contributed by atoms with Gasteiger partial charge in [-0.1, -0.05) is 80.5 Å². The number of benzene rings is 1. The molecule has 164 valence electrons. The number of fused-ring (bicyclic) bond motifs is 1. The van der Waals surface area contributed by atoms with E-state index in [0.29, 0.717) is 23.7 Å². The summed E-state index contributed by atoms with van der Waals surface area (Å²) >= 11 is 0. The Labute approximate surface area is 181 Å². The van der Waals surface area contributed by atoms with Gasteiger partial charge in [0.2, 0.25) is 0 Å². The van der Waals surface area contributed by atoms with Gasteiger partial charge in [0, 0.05) is 17.8 Å². The zero-order valence-electron chi connectivity index (χ0n) is 18.4. The van der Waals surface area contributed by atoms with Gasteiger partial charge in [0.05, 0.1) is 18.2 Å². The van der Waals surface area contributed by atoms with Crippen molar-refractivity contribution in [2.75, 3.05) is 6.61 Å². The van der Waals surface area contributed by atoms with Crippen molar-refractivity contribution < 1.29 is 14.4 Å². The van der Waals surface area contributed by atoms with Crippen LogP contribution < -0.4 is 0 Å². The molecule has 0 N–H and O–H groups in total. The topological polar surface area (TPSA) is 30.9 Å². The Bertz CT molecular complexity index is 735. The van der Waals surface area contributed by atoms with Crippen LogP contribution in [0.2, 0.25) is 0 Å². The largest absolute Gasteiger partial charge is 0.347 e. The molecule has 0 unspecified atom stereocenters. The third kappa shape index (κ3) is 3.09. The highest BCUT2D eigenvalue weighted by Gasteiger charge is 2.68. The minimum Gasteiger partial charge on any atom is -0.347 e. The highest BCUT2D eigenvalue weighted by Crippen LogP contribution is 2.61. The molecule has 4 nitrogen and oxygen atoms in total. The normalized spacial score (nSPS) is 44.4. The standard InChI is InChI=1S/C26H37NO3/c1-26-20-16-22(24(26)19-12-6-3-7-13-19)25(30-27(26)28-17-20)29-23-15-9-8-14-21(23)18-10-4-2-5-11-18/h2,4-5,10-11,19-25H,3,6-9,12-17H2,1H3/t20-,21-,22-,23+,24+,25+,26+/m0/s1. The molecule has 2 bridgehead atoms. The molecule has 1 aromatic rings. The van der Waals surface area contributed by atoms with E-state index in [1.807, 2.05) is 5.23 Å². The Morgan fingerprint density at radius 3 is 2.57 bits per heavy atom. The molecule has 1 aromatic carbocycles. The van der Waals surface area contributed by atoms with Crippen LogP contribution in [0.25, 0.3) is 0 Å². The minimum absolute atomic E-state index is 0.0396. The Balaban J connectivity index is 1.26. The van der Waals surface area contributed by atoms with E-state index in [-0.39, 0.29) is 17.9 Å². The number of hydrogen-bond acceptors (Lipinski definition) is 4. The van der Waals surface area contributed by atoms with Crippen LogP contribution in [-0.2, 0) is 14.4 Å². The van der Waals surface area contributed by atoms with E-state index in [1.165, 1.54) is 63.4 Å². The van der Waals surface area contributed by atoms with Crippen molar-refractivity contribution in [1.82, 2.24) is 5.23 Å². The lowest BCUT2D eigenvalue weighted by Crippen LogP contribution is -2.58. The summed E-state index contributed by atoms with van der Waals surface area (Å²) in [4.78, 5) is 12.6. The molecule has 7 atom stereocenters. The summed E-state index contributed by atoms with van der Waals surface area (Å²) in [5.41, 5.74) is 1.47. The second-order valence-corrected chi connectivity index (χ2v) is 10.7. The van der Waals surface area contributed by atoms with Crippen molar-refractivity contribution in [1.29, 1.82) is 0 Å². The third-order valence-corrected chi connectivity index (χ3v) is 9.25. The van der Waals surface area contributed by atoms with Crippen molar-refractivity contribution >= 4 is 0 Å². The first-order valence-electron chi connectivity index (χ1n) is 12.6. The van der Waals surface area contributed by atoms with Gasteiger partial charge in [0.25, 0.3) is 0 Å². The number of hydrogen-bond donors (Lipinski definition) is 0. The van der Waals surface area contributed by atoms with Crippen LogP contribution in [-0.4, -0.2) is 29.8 Å². The average molecular weight is 412 g/mol. The molecule has 4 heteroatoms. The summed E-state index contributed by atoms with van der Waals surface area (Å²) in [6.45, 7) is 3.23. The maximum absolute atomic E-state index is 6.90. The zero-order valence-corrected chi connectivity index (χ0v) is 18.4. The summed E-state index contributed by atoms with van der Waals surface area (Å²) in [5.74, 6) is 3.03. The van der Waals surface area contributed by atoms with Gasteiger partial charge in [0.1, 0.15) is 0 Å². The van der Waals surface area contributed by atoms with Crippen LogP contribution in [0.4, 0.5) is 0 Å². The van der Waals surface area contributed by atoms with Gasteiger partial charge < -0.3 is 4.74 Å². The fraction of sp³-hybridized carbons (Fsp3) is 0.769. The van der Waals surface area contributed by atoms with E-state index in [1.54, 1.807) is 0 Å². The van der Waals surface area contributed by atoms with E-state index in [4.69, 9.17) is 14.4 Å². The lowest BCUT2D eigenvalue weighted by molar-refractivity contribution is -0.469. The zero-order chi connectivity index (χ0) is 20.1. The maximum Gasteiger partial charge on any atom is 0.183 e. The lowest BCUT2D eigenvalue weighted by Gasteiger charge is -2.50. The van der Waals surface area contributed by atoms with Crippen LogP contribution in [0.3, 0.4) is 0 Å². The molecule has 2 aliphatic heterocycles. The molecule has 3 saturated carbocycles. The maximum atomic E-state index is 6.90. The predicted octanol–water partition coefficient (Wildman–Crippen LogP) is 5.84. The first-order chi connectivity index (χ1) is 14.7. The molecule has 5 aliphatic rings. The molecule has 0 aromatic heterocycles. The predicted molar refractivity (Wildman–Crippen MR) is 115 cm³/mol. The summed E-state index contributed by atoms with van der Waals surface area (Å²) in [5, 5.41) is 1.91. The number of hydroxylamine groups is 2. The van der Waals surface area contributed by atoms with Crippen LogP contribution >= 0.6 is 0 Å². The van der Waals surface area contributed by atoms with Gasteiger partial charge in [-0.2, -0.15) is 0 Å². The second-order valence-electron chi connectivity index (χ2n) is 10.7. The van der Waals surface area contributed by atoms with E-state index < -0.39 is 0 Å². The van der Waals surface area contributed by atoms with Gasteiger partial charge in [-0.05, 0) is 43.6 Å². The van der Waals surface area contributed by atoms with E-state index in [2.05, 4.69) is 37.3 Å². The molecule has 0 spiro atoms. The number of rotatable bonds is 4. The molecular weight excluding hydrogens is 374 g/mol. The van der Waals surface area contributed by atoms with Gasteiger partial charge >= 0.3 is 0 Å². The summed E-state index contributed by atoms with van der Waals surface area (Å²) in [6, 6.07) is 11.0. The number of nitrogens with zero attached hydrogens (tertiary/aromatic N) is 1. The minimum atomic E-state index is -0.149. The Hall–Kier alpha value is -0.940. The fourth-order valence-corrected chi connectivity index (χ4v) is 7.78.